The lowest BCUT2D eigenvalue weighted by atomic mass is 10.3. The van der Waals surface area contributed by atoms with Crippen LogP contribution in [0.3, 0.4) is 0 Å². The summed E-state index contributed by atoms with van der Waals surface area (Å²) in [5, 5.41) is 3.15. The SMILES string of the molecule is CCOc1ncnc(Nc2cc(F)cc(Cl)c2)c1N. The number of nitrogens with two attached hydrogens (primary N) is 1. The maximum atomic E-state index is 13.2. The molecule has 2 rings (SSSR count). The molecule has 0 aliphatic heterocycles. The van der Waals surface area contributed by atoms with E-state index in [1.807, 2.05) is 6.92 Å². The van der Waals surface area contributed by atoms with Crippen molar-refractivity contribution in [3.8, 4) is 5.88 Å². The summed E-state index contributed by atoms with van der Waals surface area (Å²) in [4.78, 5) is 7.89. The average molecular weight is 283 g/mol. The van der Waals surface area contributed by atoms with Crippen LogP contribution in [0, 0.1) is 5.82 Å². The first-order chi connectivity index (χ1) is 9.10. The predicted octanol–water partition coefficient (Wildman–Crippen LogP) is 2.99. The van der Waals surface area contributed by atoms with E-state index in [0.717, 1.165) is 0 Å². The Morgan fingerprint density at radius 3 is 2.84 bits per heavy atom. The van der Waals surface area contributed by atoms with Crippen molar-refractivity contribution in [1.29, 1.82) is 0 Å². The monoisotopic (exact) mass is 282 g/mol. The second-order valence-corrected chi connectivity index (χ2v) is 4.09. The van der Waals surface area contributed by atoms with E-state index in [2.05, 4.69) is 15.3 Å². The summed E-state index contributed by atoms with van der Waals surface area (Å²) in [5.41, 5.74) is 6.55. The lowest BCUT2D eigenvalue weighted by Gasteiger charge is -2.11. The molecule has 0 saturated heterocycles. The van der Waals surface area contributed by atoms with Crippen LogP contribution in [0.1, 0.15) is 6.92 Å². The number of nitrogens with zero attached hydrogens (tertiary/aromatic N) is 2. The Balaban J connectivity index is 2.30. The largest absolute Gasteiger partial charge is 0.476 e. The highest BCUT2D eigenvalue weighted by Crippen LogP contribution is 2.28. The summed E-state index contributed by atoms with van der Waals surface area (Å²) in [6.45, 7) is 2.26. The minimum atomic E-state index is -0.451. The molecule has 0 radical (unpaired) electrons. The van der Waals surface area contributed by atoms with E-state index in [-0.39, 0.29) is 16.6 Å². The number of rotatable bonds is 4. The molecule has 0 aliphatic rings. The molecule has 0 saturated carbocycles. The van der Waals surface area contributed by atoms with Gasteiger partial charge < -0.3 is 15.8 Å². The Morgan fingerprint density at radius 2 is 2.16 bits per heavy atom. The van der Waals surface area contributed by atoms with Crippen molar-refractivity contribution in [2.45, 2.75) is 6.92 Å². The van der Waals surface area contributed by atoms with E-state index in [1.165, 1.54) is 18.5 Å². The fourth-order valence-electron chi connectivity index (χ4n) is 1.49. The van der Waals surface area contributed by atoms with Crippen molar-refractivity contribution >= 4 is 28.8 Å². The molecule has 2 aromatic rings. The fourth-order valence-corrected chi connectivity index (χ4v) is 1.72. The molecule has 1 aromatic heterocycles. The highest BCUT2D eigenvalue weighted by atomic mass is 35.5. The number of hydrogen-bond acceptors (Lipinski definition) is 5. The summed E-state index contributed by atoms with van der Waals surface area (Å²) >= 11 is 5.77. The zero-order valence-corrected chi connectivity index (χ0v) is 10.9. The van der Waals surface area contributed by atoms with Crippen LogP contribution in [0.4, 0.5) is 21.6 Å². The normalized spacial score (nSPS) is 10.3. The van der Waals surface area contributed by atoms with Crippen molar-refractivity contribution in [2.75, 3.05) is 17.7 Å². The van der Waals surface area contributed by atoms with Gasteiger partial charge in [-0.3, -0.25) is 0 Å². The molecule has 1 aromatic carbocycles. The molecule has 0 fully saturated rings. The highest BCUT2D eigenvalue weighted by Gasteiger charge is 2.09. The molecule has 0 amide bonds. The summed E-state index contributed by atoms with van der Waals surface area (Å²) < 4.78 is 18.5. The molecule has 7 heteroatoms. The predicted molar refractivity (Wildman–Crippen MR) is 72.3 cm³/mol. The van der Waals surface area contributed by atoms with Crippen LogP contribution in [0.25, 0.3) is 0 Å². The van der Waals surface area contributed by atoms with Gasteiger partial charge in [-0.25, -0.2) is 9.37 Å². The maximum absolute atomic E-state index is 13.2. The minimum absolute atomic E-state index is 0.254. The second-order valence-electron chi connectivity index (χ2n) is 3.66. The van der Waals surface area contributed by atoms with E-state index in [1.54, 1.807) is 6.07 Å². The number of nitrogen functional groups attached to an aromatic ring is 1. The molecule has 1 heterocycles. The lowest BCUT2D eigenvalue weighted by Crippen LogP contribution is -2.05. The zero-order valence-electron chi connectivity index (χ0n) is 10.2. The third kappa shape index (κ3) is 3.23. The van der Waals surface area contributed by atoms with Crippen molar-refractivity contribution < 1.29 is 9.13 Å². The van der Waals surface area contributed by atoms with Crippen molar-refractivity contribution in [3.05, 3.63) is 35.4 Å². The topological polar surface area (TPSA) is 73.1 Å². The molecule has 0 aliphatic carbocycles. The smallest absolute Gasteiger partial charge is 0.242 e. The lowest BCUT2D eigenvalue weighted by molar-refractivity contribution is 0.328. The Kier molecular flexibility index (Phi) is 4.01. The van der Waals surface area contributed by atoms with E-state index in [0.29, 0.717) is 18.1 Å². The van der Waals surface area contributed by atoms with Gasteiger partial charge in [0.05, 0.1) is 6.61 Å². The highest BCUT2D eigenvalue weighted by molar-refractivity contribution is 6.30. The van der Waals surface area contributed by atoms with Crippen molar-refractivity contribution in [2.24, 2.45) is 0 Å². The van der Waals surface area contributed by atoms with E-state index >= 15 is 0 Å². The molecule has 19 heavy (non-hydrogen) atoms. The Bertz CT molecular complexity index is 574. The summed E-state index contributed by atoms with van der Waals surface area (Å²) in [6, 6.07) is 4.06. The van der Waals surface area contributed by atoms with Gasteiger partial charge in [0.15, 0.2) is 5.82 Å². The van der Waals surface area contributed by atoms with Crippen LogP contribution in [-0.2, 0) is 0 Å². The van der Waals surface area contributed by atoms with E-state index < -0.39 is 5.82 Å². The van der Waals surface area contributed by atoms with Gasteiger partial charge in [0, 0.05) is 10.7 Å². The Hall–Kier alpha value is -2.08. The molecule has 0 unspecified atom stereocenters. The van der Waals surface area contributed by atoms with Gasteiger partial charge >= 0.3 is 0 Å². The number of nitrogens with one attached hydrogen (secondary N) is 1. The molecule has 100 valence electrons. The fraction of sp³-hybridized carbons (Fsp3) is 0.167. The standard InChI is InChI=1S/C12H12ClFN4O/c1-2-19-12-10(15)11(16-6-17-12)18-9-4-7(13)3-8(14)5-9/h3-6H,2,15H2,1H3,(H,16,17,18). The van der Waals surface area contributed by atoms with Gasteiger partial charge in [0.2, 0.25) is 5.88 Å². The number of aromatic nitrogens is 2. The first kappa shape index (κ1) is 13.4. The minimum Gasteiger partial charge on any atom is -0.476 e. The second kappa shape index (κ2) is 5.71. The Morgan fingerprint density at radius 1 is 1.37 bits per heavy atom. The quantitative estimate of drug-likeness (QED) is 0.902. The van der Waals surface area contributed by atoms with Crippen LogP contribution in [0.15, 0.2) is 24.5 Å². The van der Waals surface area contributed by atoms with Crippen LogP contribution >= 0.6 is 11.6 Å². The first-order valence-electron chi connectivity index (χ1n) is 5.56. The number of halogens is 2. The van der Waals surface area contributed by atoms with Gasteiger partial charge in [0.25, 0.3) is 0 Å². The average Bonchev–Trinajstić information content (AvgIpc) is 2.33. The summed E-state index contributed by atoms with van der Waals surface area (Å²) in [5.74, 6) is 0.162. The van der Waals surface area contributed by atoms with Crippen LogP contribution in [-0.4, -0.2) is 16.6 Å². The summed E-state index contributed by atoms with van der Waals surface area (Å²) in [6.07, 6.45) is 1.31. The number of ether oxygens (including phenoxy) is 1. The third-order valence-electron chi connectivity index (χ3n) is 2.25. The van der Waals surface area contributed by atoms with Gasteiger partial charge in [-0.2, -0.15) is 4.98 Å². The number of anilines is 3. The van der Waals surface area contributed by atoms with Gasteiger partial charge in [-0.05, 0) is 25.1 Å². The number of benzene rings is 1. The van der Waals surface area contributed by atoms with Gasteiger partial charge in [-0.1, -0.05) is 11.6 Å². The van der Waals surface area contributed by atoms with Crippen LogP contribution in [0.2, 0.25) is 5.02 Å². The van der Waals surface area contributed by atoms with Crippen molar-refractivity contribution in [3.63, 3.8) is 0 Å². The molecule has 3 N–H and O–H groups in total. The maximum Gasteiger partial charge on any atom is 0.242 e. The molecule has 0 atom stereocenters. The molecular weight excluding hydrogens is 271 g/mol. The van der Waals surface area contributed by atoms with Gasteiger partial charge in [0.1, 0.15) is 17.8 Å². The molecular formula is C12H12ClFN4O. The molecule has 5 nitrogen and oxygen atoms in total. The number of hydrogen-bond donors (Lipinski definition) is 2. The van der Waals surface area contributed by atoms with Gasteiger partial charge in [-0.15, -0.1) is 0 Å². The molecule has 0 bridgehead atoms. The van der Waals surface area contributed by atoms with Crippen molar-refractivity contribution in [1.82, 2.24) is 9.97 Å². The third-order valence-corrected chi connectivity index (χ3v) is 2.47. The Labute approximate surface area is 114 Å². The first-order valence-corrected chi connectivity index (χ1v) is 5.94. The van der Waals surface area contributed by atoms with Crippen LogP contribution in [0.5, 0.6) is 5.88 Å². The van der Waals surface area contributed by atoms with E-state index in [9.17, 15) is 4.39 Å². The molecule has 0 spiro atoms. The zero-order chi connectivity index (χ0) is 13.8. The summed E-state index contributed by atoms with van der Waals surface area (Å²) in [7, 11) is 0. The van der Waals surface area contributed by atoms with Crippen LogP contribution < -0.4 is 15.8 Å². The van der Waals surface area contributed by atoms with E-state index in [4.69, 9.17) is 22.1 Å².